The first-order chi connectivity index (χ1) is 14.2. The summed E-state index contributed by atoms with van der Waals surface area (Å²) in [6, 6.07) is 2.76. The third-order valence-corrected chi connectivity index (χ3v) is 3.66. The van der Waals surface area contributed by atoms with Gasteiger partial charge in [0, 0.05) is 12.1 Å². The summed E-state index contributed by atoms with van der Waals surface area (Å²) in [6.45, 7) is 10.4. The van der Waals surface area contributed by atoms with E-state index in [0.717, 1.165) is 6.07 Å². The molecule has 0 radical (unpaired) electrons. The number of carbonyl (C=O) groups is 3. The number of amides is 1. The first-order valence-corrected chi connectivity index (χ1v) is 9.94. The smallest absolute Gasteiger partial charge is 0.329 e. The molecule has 0 fully saturated rings. The third-order valence-electron chi connectivity index (χ3n) is 3.66. The summed E-state index contributed by atoms with van der Waals surface area (Å²) in [6.07, 6.45) is 4.97. The van der Waals surface area contributed by atoms with E-state index >= 15 is 0 Å². The van der Waals surface area contributed by atoms with E-state index in [9.17, 15) is 18.8 Å². The lowest BCUT2D eigenvalue weighted by atomic mass is 10.1. The fourth-order valence-corrected chi connectivity index (χ4v) is 2.47. The van der Waals surface area contributed by atoms with Crippen LogP contribution in [0.2, 0.25) is 0 Å². The summed E-state index contributed by atoms with van der Waals surface area (Å²) in [4.78, 5) is 37.2. The molecule has 7 nitrogen and oxygen atoms in total. The largest absolute Gasteiger partial charge is 0.460 e. The highest BCUT2D eigenvalue weighted by atomic mass is 19.1. The Labute approximate surface area is 183 Å². The maximum Gasteiger partial charge on any atom is 0.329 e. The summed E-state index contributed by atoms with van der Waals surface area (Å²) in [5, 5.41) is 5.27. The van der Waals surface area contributed by atoms with E-state index in [-0.39, 0.29) is 24.9 Å². The minimum Gasteiger partial charge on any atom is -0.460 e. The topological polar surface area (TPSA) is 93.7 Å². The van der Waals surface area contributed by atoms with Crippen LogP contribution in [0.25, 0.3) is 0 Å². The van der Waals surface area contributed by atoms with Gasteiger partial charge in [0.05, 0.1) is 12.1 Å². The van der Waals surface area contributed by atoms with E-state index < -0.39 is 40.9 Å². The predicted octanol–water partition coefficient (Wildman–Crippen LogP) is 3.43. The van der Waals surface area contributed by atoms with Gasteiger partial charge in [-0.05, 0) is 66.2 Å². The van der Waals surface area contributed by atoms with Crippen LogP contribution in [0.1, 0.15) is 64.7 Å². The van der Waals surface area contributed by atoms with Crippen LogP contribution in [0.5, 0.6) is 0 Å². The zero-order valence-corrected chi connectivity index (χ0v) is 18.9. The van der Waals surface area contributed by atoms with Crippen LogP contribution in [0, 0.1) is 18.2 Å². The first-order valence-electron chi connectivity index (χ1n) is 9.94. The lowest BCUT2D eigenvalue weighted by Gasteiger charge is -2.25. The molecule has 0 saturated carbocycles. The highest BCUT2D eigenvalue weighted by Gasteiger charge is 2.29. The number of hydrogen-bond donors (Lipinski definition) is 2. The molecule has 0 saturated heterocycles. The van der Waals surface area contributed by atoms with Crippen molar-refractivity contribution in [3.05, 3.63) is 29.6 Å². The van der Waals surface area contributed by atoms with Gasteiger partial charge in [0.15, 0.2) is 0 Å². The Hall–Kier alpha value is -3.08. The molecule has 0 aliphatic rings. The van der Waals surface area contributed by atoms with Crippen molar-refractivity contribution in [1.82, 2.24) is 5.32 Å². The minimum absolute atomic E-state index is 0.0566. The molecule has 0 bridgehead atoms. The van der Waals surface area contributed by atoms with Crippen LogP contribution in [0.3, 0.4) is 0 Å². The number of esters is 2. The summed E-state index contributed by atoms with van der Waals surface area (Å²) in [5.41, 5.74) is -1.32. The number of anilines is 1. The molecule has 0 aliphatic carbocycles. The van der Waals surface area contributed by atoms with E-state index in [1.165, 1.54) is 12.1 Å². The summed E-state index contributed by atoms with van der Waals surface area (Å²) < 4.78 is 25.0. The highest BCUT2D eigenvalue weighted by molar-refractivity contribution is 5.97. The van der Waals surface area contributed by atoms with Crippen LogP contribution < -0.4 is 10.6 Å². The number of nitrogens with one attached hydrogen (secondary N) is 2. The number of rotatable bonds is 8. The van der Waals surface area contributed by atoms with Crippen LogP contribution in [0.4, 0.5) is 10.1 Å². The molecule has 8 heteroatoms. The SMILES string of the molecule is C#CCNc1ccc(C(=O)N[C@@H](CCC(=O)OC(C)(C)C)C(=O)OC(C)(C)C)c(F)c1. The van der Waals surface area contributed by atoms with Crippen LogP contribution in [-0.4, -0.2) is 41.6 Å². The van der Waals surface area contributed by atoms with E-state index in [4.69, 9.17) is 15.9 Å². The van der Waals surface area contributed by atoms with Gasteiger partial charge in [0.25, 0.3) is 5.91 Å². The molecule has 0 heterocycles. The molecule has 0 unspecified atom stereocenters. The van der Waals surface area contributed by atoms with Gasteiger partial charge in [0.2, 0.25) is 0 Å². The van der Waals surface area contributed by atoms with Crippen LogP contribution in [0.15, 0.2) is 18.2 Å². The molecule has 1 amide bonds. The molecular formula is C23H31FN2O5. The van der Waals surface area contributed by atoms with Gasteiger partial charge in [-0.25, -0.2) is 9.18 Å². The van der Waals surface area contributed by atoms with E-state index in [1.54, 1.807) is 41.5 Å². The number of carbonyl (C=O) groups excluding carboxylic acids is 3. The van der Waals surface area contributed by atoms with Crippen molar-refractivity contribution >= 4 is 23.5 Å². The standard InChI is InChI=1S/C23H31FN2O5/c1-8-13-25-15-9-10-16(17(24)14-15)20(28)26-18(21(29)31-23(5,6)7)11-12-19(27)30-22(2,3)4/h1,9-10,14,18,25H,11-13H2,2-7H3,(H,26,28)/t18-/m0/s1. The second-order valence-electron chi connectivity index (χ2n) is 8.94. The lowest BCUT2D eigenvalue weighted by Crippen LogP contribution is -2.44. The quantitative estimate of drug-likeness (QED) is 0.481. The average molecular weight is 435 g/mol. The number of ether oxygens (including phenoxy) is 2. The number of hydrogen-bond acceptors (Lipinski definition) is 6. The molecule has 0 aliphatic heterocycles. The summed E-state index contributed by atoms with van der Waals surface area (Å²) >= 11 is 0. The fourth-order valence-electron chi connectivity index (χ4n) is 2.47. The number of benzene rings is 1. The van der Waals surface area contributed by atoms with Crippen molar-refractivity contribution in [2.75, 3.05) is 11.9 Å². The second-order valence-corrected chi connectivity index (χ2v) is 8.94. The normalized spacial score (nSPS) is 12.3. The van der Waals surface area contributed by atoms with Gasteiger partial charge >= 0.3 is 11.9 Å². The molecule has 170 valence electrons. The van der Waals surface area contributed by atoms with Gasteiger partial charge in [-0.1, -0.05) is 5.92 Å². The predicted molar refractivity (Wildman–Crippen MR) is 116 cm³/mol. The van der Waals surface area contributed by atoms with Crippen molar-refractivity contribution in [1.29, 1.82) is 0 Å². The Morgan fingerprint density at radius 2 is 1.71 bits per heavy atom. The first kappa shape index (κ1) is 26.0. The van der Waals surface area contributed by atoms with Crippen molar-refractivity contribution in [2.45, 2.75) is 71.6 Å². The van der Waals surface area contributed by atoms with E-state index in [1.807, 2.05) is 0 Å². The Morgan fingerprint density at radius 3 is 2.23 bits per heavy atom. The zero-order valence-electron chi connectivity index (χ0n) is 18.9. The molecule has 1 aromatic rings. The Balaban J connectivity index is 2.95. The Morgan fingerprint density at radius 1 is 1.10 bits per heavy atom. The third kappa shape index (κ3) is 9.98. The van der Waals surface area contributed by atoms with Gasteiger partial charge in [-0.3, -0.25) is 9.59 Å². The highest BCUT2D eigenvalue weighted by Crippen LogP contribution is 2.17. The van der Waals surface area contributed by atoms with Gasteiger partial charge in [-0.2, -0.15) is 0 Å². The Kier molecular flexibility index (Phi) is 9.04. The molecular weight excluding hydrogens is 403 g/mol. The van der Waals surface area contributed by atoms with E-state index in [0.29, 0.717) is 5.69 Å². The molecule has 1 aromatic carbocycles. The number of halogens is 1. The van der Waals surface area contributed by atoms with E-state index in [2.05, 4.69) is 16.6 Å². The van der Waals surface area contributed by atoms with Crippen LogP contribution >= 0.6 is 0 Å². The minimum atomic E-state index is -1.15. The summed E-state index contributed by atoms with van der Waals surface area (Å²) in [7, 11) is 0. The fraction of sp³-hybridized carbons (Fsp3) is 0.522. The van der Waals surface area contributed by atoms with Gasteiger partial charge < -0.3 is 20.1 Å². The van der Waals surface area contributed by atoms with Crippen LogP contribution in [-0.2, 0) is 19.1 Å². The maximum atomic E-state index is 14.4. The van der Waals surface area contributed by atoms with Gasteiger partial charge in [-0.15, -0.1) is 6.42 Å². The van der Waals surface area contributed by atoms with Crippen molar-refractivity contribution in [3.63, 3.8) is 0 Å². The number of terminal acetylenes is 1. The molecule has 0 aromatic heterocycles. The molecule has 2 N–H and O–H groups in total. The zero-order chi connectivity index (χ0) is 23.8. The summed E-state index contributed by atoms with van der Waals surface area (Å²) in [5.74, 6) is -0.470. The average Bonchev–Trinajstić information content (AvgIpc) is 2.60. The van der Waals surface area contributed by atoms with Crippen molar-refractivity contribution in [3.8, 4) is 12.3 Å². The van der Waals surface area contributed by atoms with Crippen molar-refractivity contribution < 1.29 is 28.2 Å². The Bertz CT molecular complexity index is 847. The van der Waals surface area contributed by atoms with Gasteiger partial charge in [0.1, 0.15) is 23.1 Å². The maximum absolute atomic E-state index is 14.4. The molecule has 0 spiro atoms. The second kappa shape index (κ2) is 10.8. The monoisotopic (exact) mass is 434 g/mol. The molecule has 1 atom stereocenters. The molecule has 1 rings (SSSR count). The lowest BCUT2D eigenvalue weighted by molar-refractivity contribution is -0.158. The van der Waals surface area contributed by atoms with Crippen molar-refractivity contribution in [2.24, 2.45) is 0 Å². The molecule has 31 heavy (non-hydrogen) atoms.